The third kappa shape index (κ3) is 3.49. The molecule has 5 nitrogen and oxygen atoms in total. The zero-order valence-corrected chi connectivity index (χ0v) is 15.2. The molecular formula is C22H21N3O2. The van der Waals surface area contributed by atoms with Gasteiger partial charge in [-0.25, -0.2) is 4.98 Å². The summed E-state index contributed by atoms with van der Waals surface area (Å²) in [5.74, 6) is 0.718. The van der Waals surface area contributed by atoms with Gasteiger partial charge in [0.15, 0.2) is 0 Å². The maximum Gasteiger partial charge on any atom is 0.276 e. The van der Waals surface area contributed by atoms with Crippen molar-refractivity contribution in [3.8, 4) is 5.75 Å². The first kappa shape index (κ1) is 17.1. The number of hydrogen-bond acceptors (Lipinski definition) is 4. The quantitative estimate of drug-likeness (QED) is 0.732. The molecule has 1 amide bonds. The van der Waals surface area contributed by atoms with Gasteiger partial charge in [0, 0.05) is 12.2 Å². The number of nitrogens with one attached hydrogen (secondary N) is 1. The Labute approximate surface area is 158 Å². The fraction of sp³-hybridized carbons (Fsp3) is 0.182. The van der Waals surface area contributed by atoms with E-state index in [0.29, 0.717) is 18.8 Å². The Kier molecular flexibility index (Phi) is 4.75. The van der Waals surface area contributed by atoms with Gasteiger partial charge in [0.25, 0.3) is 5.91 Å². The molecule has 136 valence electrons. The number of aromatic nitrogens is 1. The summed E-state index contributed by atoms with van der Waals surface area (Å²) in [7, 11) is 0. The lowest BCUT2D eigenvalue weighted by Gasteiger charge is -2.17. The van der Waals surface area contributed by atoms with Crippen molar-refractivity contribution in [2.24, 2.45) is 0 Å². The van der Waals surface area contributed by atoms with E-state index in [4.69, 9.17) is 4.74 Å². The van der Waals surface area contributed by atoms with Gasteiger partial charge in [0.05, 0.1) is 24.2 Å². The molecule has 1 N–H and O–H groups in total. The highest BCUT2D eigenvalue weighted by Gasteiger charge is 2.25. The maximum absolute atomic E-state index is 12.8. The third-order valence-corrected chi connectivity index (χ3v) is 4.58. The number of amides is 1. The SMILES string of the molecule is CCOc1ccccc1Nc1ccc(C(=O)N2CCc3ccccc32)nc1. The summed E-state index contributed by atoms with van der Waals surface area (Å²) >= 11 is 0. The monoisotopic (exact) mass is 359 g/mol. The molecule has 2 aromatic carbocycles. The maximum atomic E-state index is 12.8. The molecule has 5 heteroatoms. The Hall–Kier alpha value is -3.34. The molecule has 0 saturated heterocycles. The van der Waals surface area contributed by atoms with Gasteiger partial charge in [0.2, 0.25) is 0 Å². The largest absolute Gasteiger partial charge is 0.492 e. The number of rotatable bonds is 5. The topological polar surface area (TPSA) is 54.5 Å². The summed E-state index contributed by atoms with van der Waals surface area (Å²) in [6, 6.07) is 19.4. The van der Waals surface area contributed by atoms with Crippen LogP contribution in [-0.2, 0) is 6.42 Å². The van der Waals surface area contributed by atoms with E-state index in [2.05, 4.69) is 16.4 Å². The van der Waals surface area contributed by atoms with Crippen LogP contribution in [0.25, 0.3) is 0 Å². The highest BCUT2D eigenvalue weighted by atomic mass is 16.5. The first-order valence-electron chi connectivity index (χ1n) is 9.11. The summed E-state index contributed by atoms with van der Waals surface area (Å²) in [5.41, 5.74) is 4.30. The molecule has 3 aromatic rings. The second kappa shape index (κ2) is 7.50. The minimum Gasteiger partial charge on any atom is -0.492 e. The highest BCUT2D eigenvalue weighted by Crippen LogP contribution is 2.29. The van der Waals surface area contributed by atoms with E-state index in [0.717, 1.165) is 29.2 Å². The van der Waals surface area contributed by atoms with Gasteiger partial charge in [-0.1, -0.05) is 30.3 Å². The van der Waals surface area contributed by atoms with Crippen molar-refractivity contribution in [1.29, 1.82) is 0 Å². The first-order valence-corrected chi connectivity index (χ1v) is 9.11. The second-order valence-electron chi connectivity index (χ2n) is 6.32. The fourth-order valence-corrected chi connectivity index (χ4v) is 3.29. The smallest absolute Gasteiger partial charge is 0.276 e. The van der Waals surface area contributed by atoms with Gasteiger partial charge in [-0.3, -0.25) is 4.79 Å². The van der Waals surface area contributed by atoms with Crippen molar-refractivity contribution in [3.05, 3.63) is 78.1 Å². The van der Waals surface area contributed by atoms with Crippen LogP contribution in [0.15, 0.2) is 66.9 Å². The predicted octanol–water partition coefficient (Wildman–Crippen LogP) is 4.43. The Bertz CT molecular complexity index is 954. The molecular weight excluding hydrogens is 338 g/mol. The molecule has 0 radical (unpaired) electrons. The molecule has 0 saturated carbocycles. The van der Waals surface area contributed by atoms with E-state index in [-0.39, 0.29) is 5.91 Å². The Balaban J connectivity index is 1.51. The van der Waals surface area contributed by atoms with Gasteiger partial charge in [-0.15, -0.1) is 0 Å². The van der Waals surface area contributed by atoms with Crippen LogP contribution in [0.1, 0.15) is 23.0 Å². The zero-order valence-electron chi connectivity index (χ0n) is 15.2. The van der Waals surface area contributed by atoms with Crippen molar-refractivity contribution < 1.29 is 9.53 Å². The summed E-state index contributed by atoms with van der Waals surface area (Å²) < 4.78 is 5.63. The molecule has 0 unspecified atom stereocenters. The first-order chi connectivity index (χ1) is 13.3. The summed E-state index contributed by atoms with van der Waals surface area (Å²) in [5, 5.41) is 3.30. The van der Waals surface area contributed by atoms with Gasteiger partial charge >= 0.3 is 0 Å². The van der Waals surface area contributed by atoms with E-state index in [1.807, 2.05) is 55.5 Å². The molecule has 4 rings (SSSR count). The van der Waals surface area contributed by atoms with Crippen LogP contribution < -0.4 is 15.0 Å². The van der Waals surface area contributed by atoms with Gasteiger partial charge in [0.1, 0.15) is 11.4 Å². The van der Waals surface area contributed by atoms with Gasteiger partial charge < -0.3 is 15.0 Å². The lowest BCUT2D eigenvalue weighted by molar-refractivity contribution is 0.0984. The number of para-hydroxylation sites is 3. The molecule has 0 aliphatic carbocycles. The number of anilines is 3. The van der Waals surface area contributed by atoms with Gasteiger partial charge in [-0.05, 0) is 49.2 Å². The molecule has 0 fully saturated rings. The number of benzene rings is 2. The number of carbonyl (C=O) groups is 1. The molecule has 0 bridgehead atoms. The van der Waals surface area contributed by atoms with Crippen molar-refractivity contribution in [2.45, 2.75) is 13.3 Å². The number of nitrogens with zero attached hydrogens (tertiary/aromatic N) is 2. The Morgan fingerprint density at radius 1 is 1.11 bits per heavy atom. The van der Waals surface area contributed by atoms with E-state index in [1.54, 1.807) is 17.2 Å². The van der Waals surface area contributed by atoms with Crippen LogP contribution >= 0.6 is 0 Å². The average Bonchev–Trinajstić information content (AvgIpc) is 3.14. The summed E-state index contributed by atoms with van der Waals surface area (Å²) in [6.07, 6.45) is 2.56. The predicted molar refractivity (Wildman–Crippen MR) is 107 cm³/mol. The van der Waals surface area contributed by atoms with E-state index in [9.17, 15) is 4.79 Å². The average molecular weight is 359 g/mol. The standard InChI is InChI=1S/C22H21N3O2/c1-2-27-21-10-6-4-8-18(21)24-17-11-12-19(23-15-17)22(26)25-14-13-16-7-3-5-9-20(16)25/h3-12,15,24H,2,13-14H2,1H3. The number of fused-ring (bicyclic) bond motifs is 1. The van der Waals surface area contributed by atoms with Crippen molar-refractivity contribution in [2.75, 3.05) is 23.4 Å². The molecule has 0 spiro atoms. The van der Waals surface area contributed by atoms with Crippen LogP contribution in [0.4, 0.5) is 17.1 Å². The molecule has 0 atom stereocenters. The van der Waals surface area contributed by atoms with Crippen LogP contribution in [-0.4, -0.2) is 24.0 Å². The minimum atomic E-state index is -0.0683. The number of pyridine rings is 1. The Morgan fingerprint density at radius 2 is 1.93 bits per heavy atom. The van der Waals surface area contributed by atoms with E-state index in [1.165, 1.54) is 5.56 Å². The molecule has 1 aromatic heterocycles. The lowest BCUT2D eigenvalue weighted by Crippen LogP contribution is -2.29. The van der Waals surface area contributed by atoms with Crippen molar-refractivity contribution in [1.82, 2.24) is 4.98 Å². The zero-order chi connectivity index (χ0) is 18.6. The van der Waals surface area contributed by atoms with Crippen LogP contribution in [0.2, 0.25) is 0 Å². The van der Waals surface area contributed by atoms with E-state index >= 15 is 0 Å². The van der Waals surface area contributed by atoms with Crippen molar-refractivity contribution >= 4 is 23.0 Å². The van der Waals surface area contributed by atoms with Crippen LogP contribution in [0.5, 0.6) is 5.75 Å². The Morgan fingerprint density at radius 3 is 2.74 bits per heavy atom. The fourth-order valence-electron chi connectivity index (χ4n) is 3.29. The van der Waals surface area contributed by atoms with Crippen LogP contribution in [0, 0.1) is 0 Å². The lowest BCUT2D eigenvalue weighted by atomic mass is 10.2. The minimum absolute atomic E-state index is 0.0683. The molecule has 2 heterocycles. The number of ether oxygens (including phenoxy) is 1. The van der Waals surface area contributed by atoms with Crippen molar-refractivity contribution in [3.63, 3.8) is 0 Å². The van der Waals surface area contributed by atoms with Crippen LogP contribution in [0.3, 0.4) is 0 Å². The number of carbonyl (C=O) groups excluding carboxylic acids is 1. The normalized spacial score (nSPS) is 12.6. The highest BCUT2D eigenvalue weighted by molar-refractivity contribution is 6.06. The summed E-state index contributed by atoms with van der Waals surface area (Å²) in [6.45, 7) is 3.25. The number of hydrogen-bond donors (Lipinski definition) is 1. The van der Waals surface area contributed by atoms with E-state index < -0.39 is 0 Å². The van der Waals surface area contributed by atoms with Gasteiger partial charge in [-0.2, -0.15) is 0 Å². The summed E-state index contributed by atoms with van der Waals surface area (Å²) in [4.78, 5) is 19.0. The molecule has 1 aliphatic rings. The third-order valence-electron chi connectivity index (χ3n) is 4.58. The second-order valence-corrected chi connectivity index (χ2v) is 6.32. The molecule has 27 heavy (non-hydrogen) atoms. The molecule has 1 aliphatic heterocycles.